The average Bonchev–Trinajstić information content (AvgIpc) is 2.76. The van der Waals surface area contributed by atoms with Crippen LogP contribution in [0.3, 0.4) is 0 Å². The van der Waals surface area contributed by atoms with Crippen LogP contribution in [-0.4, -0.2) is 22.0 Å². The molecule has 0 saturated carbocycles. The fourth-order valence-electron chi connectivity index (χ4n) is 1.91. The van der Waals surface area contributed by atoms with Gasteiger partial charge < -0.3 is 10.5 Å². The zero-order valence-corrected chi connectivity index (χ0v) is 8.52. The van der Waals surface area contributed by atoms with Crippen LogP contribution in [0, 0.1) is 0 Å². The van der Waals surface area contributed by atoms with E-state index in [1.165, 1.54) is 0 Å². The molecule has 4 nitrogen and oxygen atoms in total. The predicted octanol–water partition coefficient (Wildman–Crippen LogP) is 0.909. The Labute approximate surface area is 84.0 Å². The molecule has 0 bridgehead atoms. The Hall–Kier alpha value is -0.870. The first kappa shape index (κ1) is 9.68. The molecule has 1 aromatic rings. The molecule has 0 amide bonds. The lowest BCUT2D eigenvalue weighted by molar-refractivity contribution is 0.0432. The molecule has 0 spiro atoms. The summed E-state index contributed by atoms with van der Waals surface area (Å²) in [4.78, 5) is 0. The first-order chi connectivity index (χ1) is 6.79. The molecule has 4 heteroatoms. The quantitative estimate of drug-likeness (QED) is 0.780. The zero-order chi connectivity index (χ0) is 9.97. The molecule has 2 heterocycles. The van der Waals surface area contributed by atoms with E-state index in [1.807, 2.05) is 10.7 Å². The minimum atomic E-state index is 0.315. The topological polar surface area (TPSA) is 53.1 Å². The average molecular weight is 195 g/mol. The van der Waals surface area contributed by atoms with Crippen LogP contribution in [0.25, 0.3) is 0 Å². The summed E-state index contributed by atoms with van der Waals surface area (Å²) in [5.74, 6) is 0. The number of hydrogen-bond donors (Lipinski definition) is 1. The van der Waals surface area contributed by atoms with E-state index in [9.17, 15) is 0 Å². The number of hydrogen-bond acceptors (Lipinski definition) is 3. The van der Waals surface area contributed by atoms with Crippen molar-refractivity contribution in [2.45, 2.75) is 45.1 Å². The van der Waals surface area contributed by atoms with Gasteiger partial charge in [0.15, 0.2) is 0 Å². The summed E-state index contributed by atoms with van der Waals surface area (Å²) in [7, 11) is 0. The van der Waals surface area contributed by atoms with E-state index in [0.29, 0.717) is 18.8 Å². The van der Waals surface area contributed by atoms with Gasteiger partial charge in [-0.05, 0) is 25.8 Å². The second-order valence-electron chi connectivity index (χ2n) is 3.85. The van der Waals surface area contributed by atoms with Crippen LogP contribution in [0.15, 0.2) is 12.3 Å². The molecule has 78 valence electrons. The van der Waals surface area contributed by atoms with Gasteiger partial charge >= 0.3 is 0 Å². The number of nitrogens with zero attached hydrogens (tertiary/aromatic N) is 2. The Balaban J connectivity index is 1.97. The maximum atomic E-state index is 5.73. The summed E-state index contributed by atoms with van der Waals surface area (Å²) in [6.45, 7) is 3.50. The molecule has 1 saturated heterocycles. The highest BCUT2D eigenvalue weighted by molar-refractivity contribution is 4.99. The highest BCUT2D eigenvalue weighted by Gasteiger charge is 2.22. The van der Waals surface area contributed by atoms with Gasteiger partial charge in [0.1, 0.15) is 0 Å². The molecule has 0 radical (unpaired) electrons. The Morgan fingerprint density at radius 1 is 1.64 bits per heavy atom. The van der Waals surface area contributed by atoms with Crippen LogP contribution in [0.4, 0.5) is 0 Å². The minimum absolute atomic E-state index is 0.315. The van der Waals surface area contributed by atoms with Gasteiger partial charge in [-0.3, -0.25) is 4.68 Å². The second-order valence-corrected chi connectivity index (χ2v) is 3.85. The lowest BCUT2D eigenvalue weighted by Crippen LogP contribution is -2.20. The van der Waals surface area contributed by atoms with Gasteiger partial charge in [0.25, 0.3) is 0 Å². The monoisotopic (exact) mass is 195 g/mol. The molecule has 0 aliphatic carbocycles. The number of aromatic nitrogens is 2. The van der Waals surface area contributed by atoms with E-state index in [-0.39, 0.29) is 0 Å². The standard InChI is InChI=1S/C10H17N3O/c1-8-2-3-10(14-8)7-13-9(6-11)4-5-12-13/h4-5,8,10H,2-3,6-7,11H2,1H3. The Kier molecular flexibility index (Phi) is 2.84. The minimum Gasteiger partial charge on any atom is -0.373 e. The molecule has 1 aliphatic rings. The molecule has 1 aliphatic heterocycles. The van der Waals surface area contributed by atoms with Gasteiger partial charge in [-0.25, -0.2) is 0 Å². The third-order valence-corrected chi connectivity index (χ3v) is 2.71. The zero-order valence-electron chi connectivity index (χ0n) is 8.52. The van der Waals surface area contributed by atoms with Crippen LogP contribution in [0.5, 0.6) is 0 Å². The fourth-order valence-corrected chi connectivity index (χ4v) is 1.91. The molecule has 2 rings (SSSR count). The first-order valence-corrected chi connectivity index (χ1v) is 5.16. The highest BCUT2D eigenvalue weighted by atomic mass is 16.5. The van der Waals surface area contributed by atoms with E-state index in [4.69, 9.17) is 10.5 Å². The summed E-state index contributed by atoms with van der Waals surface area (Å²) >= 11 is 0. The maximum absolute atomic E-state index is 5.73. The van der Waals surface area contributed by atoms with Gasteiger partial charge in [0.2, 0.25) is 0 Å². The van der Waals surface area contributed by atoms with Gasteiger partial charge in [0, 0.05) is 12.7 Å². The van der Waals surface area contributed by atoms with E-state index in [2.05, 4.69) is 12.0 Å². The summed E-state index contributed by atoms with van der Waals surface area (Å²) in [5.41, 5.74) is 6.67. The Bertz CT molecular complexity index is 297. The Morgan fingerprint density at radius 3 is 3.14 bits per heavy atom. The number of nitrogens with two attached hydrogens (primary N) is 1. The van der Waals surface area contributed by atoms with E-state index in [0.717, 1.165) is 25.1 Å². The van der Waals surface area contributed by atoms with Crippen molar-refractivity contribution in [3.63, 3.8) is 0 Å². The summed E-state index contributed by atoms with van der Waals surface area (Å²) < 4.78 is 7.68. The van der Waals surface area contributed by atoms with Crippen LogP contribution in [0.2, 0.25) is 0 Å². The molecule has 2 atom stereocenters. The van der Waals surface area contributed by atoms with Crippen LogP contribution < -0.4 is 5.73 Å². The first-order valence-electron chi connectivity index (χ1n) is 5.16. The summed E-state index contributed by atoms with van der Waals surface area (Å²) in [5, 5.41) is 4.23. The van der Waals surface area contributed by atoms with Crippen molar-refractivity contribution in [3.8, 4) is 0 Å². The number of rotatable bonds is 3. The van der Waals surface area contributed by atoms with E-state index in [1.54, 1.807) is 6.20 Å². The predicted molar refractivity (Wildman–Crippen MR) is 53.7 cm³/mol. The fraction of sp³-hybridized carbons (Fsp3) is 0.700. The van der Waals surface area contributed by atoms with Crippen molar-refractivity contribution in [1.82, 2.24) is 9.78 Å². The van der Waals surface area contributed by atoms with Crippen LogP contribution >= 0.6 is 0 Å². The molecule has 0 aromatic carbocycles. The molecule has 2 unspecified atom stereocenters. The lowest BCUT2D eigenvalue weighted by atomic mass is 10.2. The van der Waals surface area contributed by atoms with Gasteiger partial charge in [-0.2, -0.15) is 5.10 Å². The molecule has 14 heavy (non-hydrogen) atoms. The van der Waals surface area contributed by atoms with Crippen molar-refractivity contribution in [2.24, 2.45) is 5.73 Å². The largest absolute Gasteiger partial charge is 0.373 e. The summed E-state index contributed by atoms with van der Waals surface area (Å²) in [6.07, 6.45) is 4.79. The molecular weight excluding hydrogens is 178 g/mol. The van der Waals surface area contributed by atoms with Crippen molar-refractivity contribution in [2.75, 3.05) is 0 Å². The van der Waals surface area contributed by atoms with Crippen molar-refractivity contribution in [3.05, 3.63) is 18.0 Å². The smallest absolute Gasteiger partial charge is 0.0775 e. The van der Waals surface area contributed by atoms with Crippen molar-refractivity contribution < 1.29 is 4.74 Å². The number of ether oxygens (including phenoxy) is 1. The van der Waals surface area contributed by atoms with Gasteiger partial charge in [-0.15, -0.1) is 0 Å². The summed E-state index contributed by atoms with van der Waals surface area (Å²) in [6, 6.07) is 1.96. The lowest BCUT2D eigenvalue weighted by Gasteiger charge is -2.12. The molecule has 1 fully saturated rings. The van der Waals surface area contributed by atoms with Gasteiger partial charge in [0.05, 0.1) is 24.4 Å². The highest BCUT2D eigenvalue weighted by Crippen LogP contribution is 2.20. The van der Waals surface area contributed by atoms with E-state index < -0.39 is 0 Å². The van der Waals surface area contributed by atoms with Gasteiger partial charge in [-0.1, -0.05) is 0 Å². The normalized spacial score (nSPS) is 27.0. The van der Waals surface area contributed by atoms with Crippen molar-refractivity contribution >= 4 is 0 Å². The third kappa shape index (κ3) is 1.96. The van der Waals surface area contributed by atoms with E-state index >= 15 is 0 Å². The van der Waals surface area contributed by atoms with Crippen LogP contribution in [0.1, 0.15) is 25.5 Å². The van der Waals surface area contributed by atoms with Crippen molar-refractivity contribution in [1.29, 1.82) is 0 Å². The third-order valence-electron chi connectivity index (χ3n) is 2.71. The SMILES string of the molecule is CC1CCC(Cn2nccc2CN)O1. The maximum Gasteiger partial charge on any atom is 0.0775 e. The second kappa shape index (κ2) is 4.11. The van der Waals surface area contributed by atoms with Crippen LogP contribution in [-0.2, 0) is 17.8 Å². The Morgan fingerprint density at radius 2 is 2.50 bits per heavy atom. The molecule has 1 aromatic heterocycles. The molecule has 2 N–H and O–H groups in total. The molecular formula is C10H17N3O.